The Bertz CT molecular complexity index is 794. The average Bonchev–Trinajstić information content (AvgIpc) is 2.87. The molecule has 2 aromatic rings. The number of benzene rings is 1. The quantitative estimate of drug-likeness (QED) is 0.836. The molecule has 136 valence electrons. The van der Waals surface area contributed by atoms with Crippen molar-refractivity contribution >= 4 is 11.8 Å². The monoisotopic (exact) mass is 351 g/mol. The van der Waals surface area contributed by atoms with Crippen LogP contribution in [0.1, 0.15) is 43.8 Å². The number of hydrogen-bond donors (Lipinski definition) is 0. The van der Waals surface area contributed by atoms with Gasteiger partial charge in [0.15, 0.2) is 0 Å². The highest BCUT2D eigenvalue weighted by Gasteiger charge is 2.25. The zero-order valence-electron chi connectivity index (χ0n) is 15.7. The molecule has 5 nitrogen and oxygen atoms in total. The van der Waals surface area contributed by atoms with E-state index in [9.17, 15) is 9.59 Å². The summed E-state index contributed by atoms with van der Waals surface area (Å²) in [5.41, 5.74) is 4.58. The van der Waals surface area contributed by atoms with E-state index in [4.69, 9.17) is 0 Å². The van der Waals surface area contributed by atoms with Crippen LogP contribution in [-0.2, 0) is 0 Å². The van der Waals surface area contributed by atoms with E-state index in [-0.39, 0.29) is 11.8 Å². The van der Waals surface area contributed by atoms with E-state index in [2.05, 4.69) is 17.1 Å². The largest absolute Gasteiger partial charge is 0.337 e. The first-order valence-corrected chi connectivity index (χ1v) is 9.04. The molecule has 1 aliphatic heterocycles. The molecule has 0 bridgehead atoms. The van der Waals surface area contributed by atoms with Gasteiger partial charge in [-0.05, 0) is 50.5 Å². The molecule has 26 heavy (non-hydrogen) atoms. The number of aryl methyl sites for hydroxylation is 3. The minimum absolute atomic E-state index is 0.0184. The molecule has 1 aliphatic rings. The van der Waals surface area contributed by atoms with Gasteiger partial charge in [-0.3, -0.25) is 14.6 Å². The normalized spacial score (nSPS) is 14.9. The van der Waals surface area contributed by atoms with Crippen LogP contribution in [-0.4, -0.2) is 52.8 Å². The van der Waals surface area contributed by atoms with Gasteiger partial charge in [0, 0.05) is 44.1 Å². The fourth-order valence-corrected chi connectivity index (χ4v) is 3.67. The number of amides is 2. The highest BCUT2D eigenvalue weighted by molar-refractivity contribution is 5.97. The molecule has 2 heterocycles. The standard InChI is InChI=1S/C21H25N3O2/c1-15-12-16(2)19(17(3)13-15)21(26)24-9-5-8-23(10-11-24)20(25)18-6-4-7-22-14-18/h4,6-7,12-14H,5,8-11H2,1-3H3. The Labute approximate surface area is 154 Å². The number of nitrogens with zero attached hydrogens (tertiary/aromatic N) is 3. The molecular formula is C21H25N3O2. The van der Waals surface area contributed by atoms with Gasteiger partial charge in [-0.1, -0.05) is 17.7 Å². The van der Waals surface area contributed by atoms with Gasteiger partial charge in [-0.25, -0.2) is 0 Å². The summed E-state index contributed by atoms with van der Waals surface area (Å²) in [6, 6.07) is 7.65. The molecule has 0 saturated carbocycles. The predicted molar refractivity (Wildman–Crippen MR) is 101 cm³/mol. The summed E-state index contributed by atoms with van der Waals surface area (Å²) in [4.78, 5) is 33.4. The van der Waals surface area contributed by atoms with Crippen LogP contribution in [0.25, 0.3) is 0 Å². The lowest BCUT2D eigenvalue weighted by Gasteiger charge is -2.23. The summed E-state index contributed by atoms with van der Waals surface area (Å²) in [6.45, 7) is 8.45. The molecular weight excluding hydrogens is 326 g/mol. The second-order valence-electron chi connectivity index (χ2n) is 6.95. The van der Waals surface area contributed by atoms with Crippen LogP contribution in [0, 0.1) is 20.8 Å². The number of carbonyl (C=O) groups is 2. The van der Waals surface area contributed by atoms with Crippen LogP contribution in [0.15, 0.2) is 36.7 Å². The average molecular weight is 351 g/mol. The van der Waals surface area contributed by atoms with Crippen molar-refractivity contribution in [1.29, 1.82) is 0 Å². The van der Waals surface area contributed by atoms with E-state index >= 15 is 0 Å². The Kier molecular flexibility index (Phi) is 5.35. The van der Waals surface area contributed by atoms with Gasteiger partial charge < -0.3 is 9.80 Å². The molecule has 1 saturated heterocycles. The molecule has 0 radical (unpaired) electrons. The van der Waals surface area contributed by atoms with Gasteiger partial charge in [0.25, 0.3) is 11.8 Å². The van der Waals surface area contributed by atoms with Gasteiger partial charge in [0.05, 0.1) is 5.56 Å². The number of carbonyl (C=O) groups excluding carboxylic acids is 2. The van der Waals surface area contributed by atoms with Crippen molar-refractivity contribution in [2.75, 3.05) is 26.2 Å². The fraction of sp³-hybridized carbons (Fsp3) is 0.381. The molecule has 0 unspecified atom stereocenters. The molecule has 1 aromatic carbocycles. The molecule has 2 amide bonds. The molecule has 0 spiro atoms. The highest BCUT2D eigenvalue weighted by Crippen LogP contribution is 2.20. The topological polar surface area (TPSA) is 53.5 Å². The zero-order chi connectivity index (χ0) is 18.7. The first kappa shape index (κ1) is 18.1. The molecule has 5 heteroatoms. The fourth-order valence-electron chi connectivity index (χ4n) is 3.67. The summed E-state index contributed by atoms with van der Waals surface area (Å²) in [7, 11) is 0. The molecule has 0 atom stereocenters. The van der Waals surface area contributed by atoms with Crippen LogP contribution < -0.4 is 0 Å². The molecule has 1 aromatic heterocycles. The molecule has 3 rings (SSSR count). The number of aromatic nitrogens is 1. The van der Waals surface area contributed by atoms with E-state index in [1.165, 1.54) is 5.56 Å². The van der Waals surface area contributed by atoms with Gasteiger partial charge in [-0.15, -0.1) is 0 Å². The van der Waals surface area contributed by atoms with Crippen LogP contribution in [0.4, 0.5) is 0 Å². The Balaban J connectivity index is 1.73. The SMILES string of the molecule is Cc1cc(C)c(C(=O)N2CCCN(C(=O)c3cccnc3)CC2)c(C)c1. The lowest BCUT2D eigenvalue weighted by atomic mass is 9.98. The lowest BCUT2D eigenvalue weighted by molar-refractivity contribution is 0.0717. The van der Waals surface area contributed by atoms with E-state index in [1.54, 1.807) is 24.5 Å². The van der Waals surface area contributed by atoms with E-state index < -0.39 is 0 Å². The molecule has 1 fully saturated rings. The smallest absolute Gasteiger partial charge is 0.255 e. The maximum atomic E-state index is 13.1. The minimum atomic E-state index is -0.0184. The van der Waals surface area contributed by atoms with Crippen molar-refractivity contribution in [3.63, 3.8) is 0 Å². The van der Waals surface area contributed by atoms with E-state index in [1.807, 2.05) is 30.6 Å². The van der Waals surface area contributed by atoms with Crippen LogP contribution in [0.5, 0.6) is 0 Å². The van der Waals surface area contributed by atoms with Gasteiger partial charge in [0.1, 0.15) is 0 Å². The maximum absolute atomic E-state index is 13.1. The second kappa shape index (κ2) is 7.68. The summed E-state index contributed by atoms with van der Waals surface area (Å²) in [5.74, 6) is 0.0470. The van der Waals surface area contributed by atoms with Gasteiger partial charge >= 0.3 is 0 Å². The van der Waals surface area contributed by atoms with Crippen LogP contribution >= 0.6 is 0 Å². The van der Waals surface area contributed by atoms with Crippen LogP contribution in [0.2, 0.25) is 0 Å². The van der Waals surface area contributed by atoms with E-state index in [0.29, 0.717) is 31.7 Å². The lowest BCUT2D eigenvalue weighted by Crippen LogP contribution is -2.37. The van der Waals surface area contributed by atoms with Crippen LogP contribution in [0.3, 0.4) is 0 Å². The third-order valence-electron chi connectivity index (χ3n) is 4.87. The first-order valence-electron chi connectivity index (χ1n) is 9.04. The Morgan fingerprint density at radius 3 is 2.12 bits per heavy atom. The summed E-state index contributed by atoms with van der Waals surface area (Å²) < 4.78 is 0. The Morgan fingerprint density at radius 2 is 1.54 bits per heavy atom. The zero-order valence-corrected chi connectivity index (χ0v) is 15.7. The third kappa shape index (κ3) is 3.77. The first-order chi connectivity index (χ1) is 12.5. The maximum Gasteiger partial charge on any atom is 0.255 e. The number of rotatable bonds is 2. The predicted octanol–water partition coefficient (Wildman–Crippen LogP) is 3.00. The summed E-state index contributed by atoms with van der Waals surface area (Å²) in [6.07, 6.45) is 4.03. The molecule has 0 aliphatic carbocycles. The van der Waals surface area contributed by atoms with E-state index in [0.717, 1.165) is 23.1 Å². The van der Waals surface area contributed by atoms with Crippen molar-refractivity contribution in [3.05, 3.63) is 64.5 Å². The number of hydrogen-bond acceptors (Lipinski definition) is 3. The Morgan fingerprint density at radius 1 is 0.923 bits per heavy atom. The van der Waals surface area contributed by atoms with Gasteiger partial charge in [-0.2, -0.15) is 0 Å². The summed E-state index contributed by atoms with van der Waals surface area (Å²) >= 11 is 0. The number of pyridine rings is 1. The summed E-state index contributed by atoms with van der Waals surface area (Å²) in [5, 5.41) is 0. The van der Waals surface area contributed by atoms with Crippen molar-refractivity contribution < 1.29 is 9.59 Å². The van der Waals surface area contributed by atoms with Crippen molar-refractivity contribution in [3.8, 4) is 0 Å². The minimum Gasteiger partial charge on any atom is -0.337 e. The third-order valence-corrected chi connectivity index (χ3v) is 4.87. The van der Waals surface area contributed by atoms with Crippen molar-refractivity contribution in [1.82, 2.24) is 14.8 Å². The molecule has 0 N–H and O–H groups in total. The van der Waals surface area contributed by atoms with Crippen molar-refractivity contribution in [2.45, 2.75) is 27.2 Å². The van der Waals surface area contributed by atoms with Crippen molar-refractivity contribution in [2.24, 2.45) is 0 Å². The van der Waals surface area contributed by atoms with Gasteiger partial charge in [0.2, 0.25) is 0 Å². The second-order valence-corrected chi connectivity index (χ2v) is 6.95. The highest BCUT2D eigenvalue weighted by atomic mass is 16.2. The Hall–Kier alpha value is -2.69.